The van der Waals surface area contributed by atoms with Crippen molar-refractivity contribution in [3.8, 4) is 0 Å². The fourth-order valence-electron chi connectivity index (χ4n) is 1.31. The standard InChI is InChI=1S/C10H11NOS.2Li/c12-13(9-5-4-8-11-13)10-6-2-1-3-7-10;;/h1-3,6,9H,4-5,8H2;;/q-2;2*+1/t13-;;/m0../s1. The maximum absolute atomic E-state index is 12.2. The first-order valence-electron chi connectivity index (χ1n) is 4.34. The van der Waals surface area contributed by atoms with Crippen molar-refractivity contribution in [1.29, 1.82) is 0 Å². The van der Waals surface area contributed by atoms with Crippen LogP contribution < -0.4 is 37.7 Å². The second-order valence-corrected chi connectivity index (χ2v) is 5.13. The Bertz CT molecular complexity index is 399. The Hall–Kier alpha value is 0.365. The molecule has 0 aliphatic carbocycles. The molecule has 0 amide bonds. The first-order valence-corrected chi connectivity index (χ1v) is 5.92. The third-order valence-corrected chi connectivity index (χ3v) is 4.12. The van der Waals surface area contributed by atoms with Gasteiger partial charge in [0.1, 0.15) is 0 Å². The van der Waals surface area contributed by atoms with Gasteiger partial charge < -0.3 is 0 Å². The van der Waals surface area contributed by atoms with E-state index in [-0.39, 0.29) is 37.7 Å². The van der Waals surface area contributed by atoms with Gasteiger partial charge in [-0.15, -0.1) is 0 Å². The SMILES string of the molecule is O=[S@@]1(c2[c-]cccc2)=NCCC[CH-]1.[Li+].[Li+]. The summed E-state index contributed by atoms with van der Waals surface area (Å²) in [5, 5.41) is 0. The van der Waals surface area contributed by atoms with Gasteiger partial charge in [0.25, 0.3) is 0 Å². The van der Waals surface area contributed by atoms with Gasteiger partial charge in [0.05, 0.1) is 0 Å². The Balaban J connectivity index is 0.000000980. The van der Waals surface area contributed by atoms with E-state index in [1.165, 1.54) is 0 Å². The number of nitrogens with zero attached hydrogens (tertiary/aromatic N) is 1. The quantitative estimate of drug-likeness (QED) is 0.344. The van der Waals surface area contributed by atoms with Crippen LogP contribution in [0.3, 0.4) is 0 Å². The Morgan fingerprint density at radius 3 is 2.73 bits per heavy atom. The minimum Gasteiger partial charge on any atom is -0.280 e. The monoisotopic (exact) mass is 207 g/mol. The van der Waals surface area contributed by atoms with Crippen molar-refractivity contribution >= 4 is 9.73 Å². The molecule has 5 heteroatoms. The molecule has 1 heterocycles. The van der Waals surface area contributed by atoms with Crippen LogP contribution in [0.1, 0.15) is 12.8 Å². The molecule has 1 aliphatic heterocycles. The van der Waals surface area contributed by atoms with Crippen LogP contribution in [0.4, 0.5) is 0 Å². The molecular formula is C10H11Li2NOS. The van der Waals surface area contributed by atoms with Gasteiger partial charge in [-0.25, -0.2) is 5.75 Å². The predicted molar refractivity (Wildman–Crippen MR) is 52.5 cm³/mol. The molecule has 0 radical (unpaired) electrons. The zero-order chi connectivity index (χ0) is 9.15. The smallest absolute Gasteiger partial charge is 0.280 e. The maximum atomic E-state index is 12.2. The van der Waals surface area contributed by atoms with Crippen LogP contribution in [0, 0.1) is 11.8 Å². The van der Waals surface area contributed by atoms with E-state index in [1.54, 1.807) is 6.07 Å². The molecule has 2 nitrogen and oxygen atoms in total. The minimum absolute atomic E-state index is 0. The Morgan fingerprint density at radius 1 is 1.40 bits per heavy atom. The molecule has 0 fully saturated rings. The summed E-state index contributed by atoms with van der Waals surface area (Å²) in [6.07, 6.45) is 1.91. The van der Waals surface area contributed by atoms with E-state index in [1.807, 2.05) is 24.0 Å². The van der Waals surface area contributed by atoms with Crippen molar-refractivity contribution in [2.75, 3.05) is 6.54 Å². The van der Waals surface area contributed by atoms with Crippen LogP contribution in [0.2, 0.25) is 0 Å². The second-order valence-electron chi connectivity index (χ2n) is 2.96. The van der Waals surface area contributed by atoms with Crippen LogP contribution in [0.5, 0.6) is 0 Å². The first-order chi connectivity index (χ1) is 6.31. The van der Waals surface area contributed by atoms with Gasteiger partial charge in [-0.05, 0) is 0 Å². The zero-order valence-electron chi connectivity index (χ0n) is 9.27. The summed E-state index contributed by atoms with van der Waals surface area (Å²) in [7, 11) is -2.22. The van der Waals surface area contributed by atoms with E-state index in [4.69, 9.17) is 0 Å². The number of hydrogen-bond acceptors (Lipinski definition) is 2. The molecule has 0 N–H and O–H groups in total. The first kappa shape index (κ1) is 15.4. The van der Waals surface area contributed by atoms with Crippen molar-refractivity contribution in [2.24, 2.45) is 4.36 Å². The molecule has 15 heavy (non-hydrogen) atoms. The summed E-state index contributed by atoms with van der Waals surface area (Å²) in [5.41, 5.74) is 0. The van der Waals surface area contributed by atoms with E-state index in [2.05, 4.69) is 10.4 Å². The second kappa shape index (κ2) is 6.84. The van der Waals surface area contributed by atoms with Crippen molar-refractivity contribution in [1.82, 2.24) is 0 Å². The fourth-order valence-corrected chi connectivity index (χ4v) is 3.13. The van der Waals surface area contributed by atoms with E-state index in [0.29, 0.717) is 6.54 Å². The average molecular weight is 207 g/mol. The van der Waals surface area contributed by atoms with E-state index >= 15 is 0 Å². The molecule has 1 aromatic carbocycles. The Morgan fingerprint density at radius 2 is 2.20 bits per heavy atom. The van der Waals surface area contributed by atoms with E-state index in [0.717, 1.165) is 17.7 Å². The maximum Gasteiger partial charge on any atom is 1.00 e. The topological polar surface area (TPSA) is 29.4 Å². The van der Waals surface area contributed by atoms with Crippen LogP contribution in [0.15, 0.2) is 33.5 Å². The summed E-state index contributed by atoms with van der Waals surface area (Å²) in [6.45, 7) is 0.706. The fraction of sp³-hybridized carbons (Fsp3) is 0.300. The molecule has 0 aromatic heterocycles. The molecule has 1 aromatic rings. The zero-order valence-corrected chi connectivity index (χ0v) is 10.1. The minimum atomic E-state index is -2.22. The summed E-state index contributed by atoms with van der Waals surface area (Å²) in [6, 6.07) is 10.3. The molecule has 0 spiro atoms. The third-order valence-electron chi connectivity index (χ3n) is 1.98. The summed E-state index contributed by atoms with van der Waals surface area (Å²) in [5.74, 6) is 1.82. The largest absolute Gasteiger partial charge is 1.00 e. The van der Waals surface area contributed by atoms with Crippen LogP contribution in [-0.4, -0.2) is 10.8 Å². The summed E-state index contributed by atoms with van der Waals surface area (Å²) < 4.78 is 16.3. The molecule has 1 aliphatic rings. The van der Waals surface area contributed by atoms with Gasteiger partial charge in [0.15, 0.2) is 0 Å². The summed E-state index contributed by atoms with van der Waals surface area (Å²) >= 11 is 0. The molecule has 0 saturated heterocycles. The number of hydrogen-bond donors (Lipinski definition) is 0. The van der Waals surface area contributed by atoms with Crippen LogP contribution in [-0.2, 0) is 9.73 Å². The van der Waals surface area contributed by atoms with Crippen LogP contribution in [0.25, 0.3) is 0 Å². The number of rotatable bonds is 1. The van der Waals surface area contributed by atoms with Crippen molar-refractivity contribution < 1.29 is 41.9 Å². The average Bonchev–Trinajstić information content (AvgIpc) is 2.20. The number of benzene rings is 1. The third kappa shape index (κ3) is 3.70. The van der Waals surface area contributed by atoms with Gasteiger partial charge in [0, 0.05) is 6.54 Å². The van der Waals surface area contributed by atoms with Gasteiger partial charge in [-0.3, -0.25) is 8.57 Å². The summed E-state index contributed by atoms with van der Waals surface area (Å²) in [4.78, 5) is 0.717. The normalized spacial score (nSPS) is 24.3. The Labute approximate surface area is 116 Å². The molecule has 1 atom stereocenters. The molecule has 70 valence electrons. The van der Waals surface area contributed by atoms with E-state index in [9.17, 15) is 4.21 Å². The molecule has 2 rings (SSSR count). The molecule has 0 unspecified atom stereocenters. The predicted octanol–water partition coefficient (Wildman–Crippen LogP) is -3.72. The molecular weight excluding hydrogens is 196 g/mol. The van der Waals surface area contributed by atoms with Gasteiger partial charge in [-0.1, -0.05) is 21.0 Å². The van der Waals surface area contributed by atoms with Crippen molar-refractivity contribution in [2.45, 2.75) is 17.7 Å². The molecule has 0 saturated carbocycles. The van der Waals surface area contributed by atoms with Gasteiger partial charge >= 0.3 is 37.7 Å². The van der Waals surface area contributed by atoms with Crippen LogP contribution >= 0.6 is 0 Å². The Kier molecular flexibility index (Phi) is 7.01. The van der Waals surface area contributed by atoms with Gasteiger partial charge in [-0.2, -0.15) is 36.8 Å². The van der Waals surface area contributed by atoms with E-state index < -0.39 is 9.73 Å². The molecule has 0 bridgehead atoms. The van der Waals surface area contributed by atoms with Gasteiger partial charge in [0.2, 0.25) is 0 Å². The van der Waals surface area contributed by atoms with Crippen molar-refractivity contribution in [3.63, 3.8) is 0 Å². The van der Waals surface area contributed by atoms with Crippen molar-refractivity contribution in [3.05, 3.63) is 36.1 Å².